The van der Waals surface area contributed by atoms with Gasteiger partial charge in [-0.25, -0.2) is 0 Å². The van der Waals surface area contributed by atoms with Crippen LogP contribution >= 0.6 is 23.4 Å². The second-order valence-corrected chi connectivity index (χ2v) is 8.68. The molecule has 1 saturated heterocycles. The fourth-order valence-corrected chi connectivity index (χ4v) is 4.42. The Bertz CT molecular complexity index is 1000. The van der Waals surface area contributed by atoms with E-state index >= 15 is 0 Å². The molecule has 0 atom stereocenters. The molecule has 0 aliphatic carbocycles. The number of hydrogen-bond acceptors (Lipinski definition) is 6. The summed E-state index contributed by atoms with van der Waals surface area (Å²) in [7, 11) is 0. The van der Waals surface area contributed by atoms with Crippen molar-refractivity contribution in [3.63, 3.8) is 0 Å². The van der Waals surface area contributed by atoms with Crippen LogP contribution in [0.3, 0.4) is 0 Å². The maximum absolute atomic E-state index is 12.5. The van der Waals surface area contributed by atoms with Gasteiger partial charge in [0.05, 0.1) is 17.3 Å². The predicted molar refractivity (Wildman–Crippen MR) is 119 cm³/mol. The van der Waals surface area contributed by atoms with Crippen LogP contribution in [0.4, 0.5) is 0 Å². The normalized spacial score (nSPS) is 14.8. The highest BCUT2D eigenvalue weighted by Crippen LogP contribution is 2.26. The number of halogens is 1. The summed E-state index contributed by atoms with van der Waals surface area (Å²) >= 11 is 7.65. The van der Waals surface area contributed by atoms with Gasteiger partial charge in [0.2, 0.25) is 17.6 Å². The quantitative estimate of drug-likeness (QED) is 0.535. The molecule has 6 nitrogen and oxygen atoms in total. The first-order chi connectivity index (χ1) is 14.6. The minimum absolute atomic E-state index is 0.138. The van der Waals surface area contributed by atoms with E-state index in [9.17, 15) is 4.79 Å². The Labute approximate surface area is 185 Å². The molecular formula is C22H23ClN4O2S. The molecule has 1 aliphatic rings. The monoisotopic (exact) mass is 442 g/mol. The average Bonchev–Trinajstić information content (AvgIpc) is 3.22. The van der Waals surface area contributed by atoms with Crippen molar-refractivity contribution in [3.8, 4) is 11.4 Å². The lowest BCUT2D eigenvalue weighted by Crippen LogP contribution is -2.48. The number of aryl methyl sites for hydroxylation is 1. The van der Waals surface area contributed by atoms with E-state index in [1.165, 1.54) is 17.3 Å². The maximum Gasteiger partial charge on any atom is 0.241 e. The van der Waals surface area contributed by atoms with E-state index in [1.807, 2.05) is 60.4 Å². The summed E-state index contributed by atoms with van der Waals surface area (Å²) in [6.07, 6.45) is 0. The summed E-state index contributed by atoms with van der Waals surface area (Å²) < 4.78 is 5.43. The molecule has 2 aromatic carbocycles. The van der Waals surface area contributed by atoms with Crippen molar-refractivity contribution < 1.29 is 9.32 Å². The fourth-order valence-electron chi connectivity index (χ4n) is 3.28. The predicted octanol–water partition coefficient (Wildman–Crippen LogP) is 4.13. The summed E-state index contributed by atoms with van der Waals surface area (Å²) in [6.45, 7) is 5.60. The highest BCUT2D eigenvalue weighted by atomic mass is 35.5. The molecular weight excluding hydrogens is 420 g/mol. The molecule has 0 N–H and O–H groups in total. The van der Waals surface area contributed by atoms with Crippen LogP contribution in [0.15, 0.2) is 57.9 Å². The molecule has 8 heteroatoms. The van der Waals surface area contributed by atoms with Crippen LogP contribution in [0.5, 0.6) is 0 Å². The zero-order valence-electron chi connectivity index (χ0n) is 16.8. The van der Waals surface area contributed by atoms with Gasteiger partial charge in [-0.05, 0) is 19.1 Å². The number of nitrogens with zero attached hydrogens (tertiary/aromatic N) is 4. The number of amides is 1. The van der Waals surface area contributed by atoms with Gasteiger partial charge in [-0.1, -0.05) is 58.7 Å². The van der Waals surface area contributed by atoms with Gasteiger partial charge in [0.1, 0.15) is 0 Å². The Kier molecular flexibility index (Phi) is 6.72. The molecule has 0 unspecified atom stereocenters. The van der Waals surface area contributed by atoms with E-state index < -0.39 is 0 Å². The molecule has 30 heavy (non-hydrogen) atoms. The smallest absolute Gasteiger partial charge is 0.241 e. The Hall–Kier alpha value is -2.35. The van der Waals surface area contributed by atoms with E-state index in [1.54, 1.807) is 0 Å². The Balaban J connectivity index is 1.25. The third-order valence-electron chi connectivity index (χ3n) is 5.05. The molecule has 0 saturated carbocycles. The van der Waals surface area contributed by atoms with Gasteiger partial charge in [-0.3, -0.25) is 9.69 Å². The van der Waals surface area contributed by atoms with Gasteiger partial charge in [0.25, 0.3) is 0 Å². The van der Waals surface area contributed by atoms with Crippen LogP contribution < -0.4 is 0 Å². The summed E-state index contributed by atoms with van der Waals surface area (Å²) in [4.78, 5) is 22.1. The van der Waals surface area contributed by atoms with Gasteiger partial charge < -0.3 is 9.42 Å². The Morgan fingerprint density at radius 2 is 1.83 bits per heavy atom. The SMILES string of the molecule is Cc1ccc(-c2noc(CN3CCN(C(=O)CSc4ccccc4Cl)CC3)n2)cc1. The van der Waals surface area contributed by atoms with Crippen molar-refractivity contribution >= 4 is 29.3 Å². The van der Waals surface area contributed by atoms with E-state index in [2.05, 4.69) is 15.0 Å². The highest BCUT2D eigenvalue weighted by Gasteiger charge is 2.23. The molecule has 0 radical (unpaired) electrons. The lowest BCUT2D eigenvalue weighted by molar-refractivity contribution is -0.130. The van der Waals surface area contributed by atoms with Crippen molar-refractivity contribution in [1.29, 1.82) is 0 Å². The molecule has 4 rings (SSSR count). The van der Waals surface area contributed by atoms with E-state index in [-0.39, 0.29) is 5.91 Å². The lowest BCUT2D eigenvalue weighted by Gasteiger charge is -2.33. The molecule has 1 aliphatic heterocycles. The molecule has 1 amide bonds. The van der Waals surface area contributed by atoms with Crippen molar-refractivity contribution in [2.24, 2.45) is 0 Å². The van der Waals surface area contributed by atoms with Gasteiger partial charge in [0.15, 0.2) is 0 Å². The summed E-state index contributed by atoms with van der Waals surface area (Å²) in [5, 5.41) is 4.78. The van der Waals surface area contributed by atoms with Crippen LogP contribution in [-0.4, -0.2) is 57.8 Å². The van der Waals surface area contributed by atoms with Gasteiger partial charge in [-0.2, -0.15) is 4.98 Å². The first kappa shape index (κ1) is 20.9. The summed E-state index contributed by atoms with van der Waals surface area (Å²) in [6, 6.07) is 15.7. The Morgan fingerprint density at radius 3 is 2.57 bits per heavy atom. The maximum atomic E-state index is 12.5. The largest absolute Gasteiger partial charge is 0.339 e. The van der Waals surface area contributed by atoms with E-state index in [4.69, 9.17) is 16.1 Å². The van der Waals surface area contributed by atoms with Crippen LogP contribution in [0.2, 0.25) is 5.02 Å². The van der Waals surface area contributed by atoms with E-state index in [0.717, 1.165) is 23.5 Å². The molecule has 2 heterocycles. The number of rotatable bonds is 6. The number of aromatic nitrogens is 2. The molecule has 1 aromatic heterocycles. The van der Waals surface area contributed by atoms with Crippen LogP contribution in [0.1, 0.15) is 11.5 Å². The average molecular weight is 443 g/mol. The van der Waals surface area contributed by atoms with Crippen LogP contribution in [-0.2, 0) is 11.3 Å². The third-order valence-corrected chi connectivity index (χ3v) is 6.55. The topological polar surface area (TPSA) is 62.5 Å². The first-order valence-corrected chi connectivity index (χ1v) is 11.2. The zero-order chi connectivity index (χ0) is 20.9. The lowest BCUT2D eigenvalue weighted by atomic mass is 10.1. The first-order valence-electron chi connectivity index (χ1n) is 9.85. The minimum Gasteiger partial charge on any atom is -0.339 e. The molecule has 0 bridgehead atoms. The summed E-state index contributed by atoms with van der Waals surface area (Å²) in [5.74, 6) is 1.74. The molecule has 3 aromatic rings. The second kappa shape index (κ2) is 9.64. The fraction of sp³-hybridized carbons (Fsp3) is 0.318. The van der Waals surface area contributed by atoms with Crippen LogP contribution in [0.25, 0.3) is 11.4 Å². The highest BCUT2D eigenvalue weighted by molar-refractivity contribution is 8.00. The number of benzene rings is 2. The Morgan fingerprint density at radius 1 is 1.10 bits per heavy atom. The third kappa shape index (κ3) is 5.22. The van der Waals surface area contributed by atoms with Crippen LogP contribution in [0, 0.1) is 6.92 Å². The molecule has 0 spiro atoms. The number of piperazine rings is 1. The van der Waals surface area contributed by atoms with Gasteiger partial charge in [0, 0.05) is 36.6 Å². The minimum atomic E-state index is 0.138. The standard InChI is InChI=1S/C22H23ClN4O2S/c1-16-6-8-17(9-7-16)22-24-20(29-25-22)14-26-10-12-27(13-11-26)21(28)15-30-19-5-3-2-4-18(19)23/h2-9H,10-15H2,1H3. The van der Waals surface area contributed by atoms with E-state index in [0.29, 0.717) is 42.1 Å². The van der Waals surface area contributed by atoms with Crippen molar-refractivity contribution in [3.05, 3.63) is 65.0 Å². The summed E-state index contributed by atoms with van der Waals surface area (Å²) in [5.41, 5.74) is 2.14. The molecule has 156 valence electrons. The second-order valence-electron chi connectivity index (χ2n) is 7.25. The molecule has 1 fully saturated rings. The van der Waals surface area contributed by atoms with Crippen molar-refractivity contribution in [1.82, 2.24) is 19.9 Å². The number of carbonyl (C=O) groups excluding carboxylic acids is 1. The number of hydrogen-bond donors (Lipinski definition) is 0. The van der Waals surface area contributed by atoms with Gasteiger partial charge >= 0.3 is 0 Å². The van der Waals surface area contributed by atoms with Gasteiger partial charge in [-0.15, -0.1) is 11.8 Å². The van der Waals surface area contributed by atoms with Crippen molar-refractivity contribution in [2.45, 2.75) is 18.4 Å². The number of carbonyl (C=O) groups is 1. The van der Waals surface area contributed by atoms with Crippen molar-refractivity contribution in [2.75, 3.05) is 31.9 Å². The zero-order valence-corrected chi connectivity index (χ0v) is 18.3. The number of thioether (sulfide) groups is 1.